The van der Waals surface area contributed by atoms with Gasteiger partial charge in [-0.25, -0.2) is 4.98 Å². The molecule has 0 amide bonds. The van der Waals surface area contributed by atoms with Crippen molar-refractivity contribution < 1.29 is 0 Å². The summed E-state index contributed by atoms with van der Waals surface area (Å²) in [5.74, 6) is 0.974. The minimum absolute atomic E-state index is 0.00280. The summed E-state index contributed by atoms with van der Waals surface area (Å²) in [5, 5.41) is 5.19. The van der Waals surface area contributed by atoms with E-state index in [1.54, 1.807) is 0 Å². The molecule has 0 spiro atoms. The van der Waals surface area contributed by atoms with Crippen molar-refractivity contribution in [1.29, 1.82) is 0 Å². The number of pyridine rings is 3. The molecule has 24 rings (SSSR count). The van der Waals surface area contributed by atoms with Gasteiger partial charge in [-0.15, -0.1) is 11.3 Å². The molecule has 0 aliphatic heterocycles. The van der Waals surface area contributed by atoms with E-state index >= 15 is 0 Å². The number of hydrogen-bond acceptors (Lipinski definition) is 4. The minimum atomic E-state index is -0.00280. The van der Waals surface area contributed by atoms with Crippen LogP contribution in [0.2, 0.25) is 0 Å². The van der Waals surface area contributed by atoms with Crippen LogP contribution in [0.25, 0.3) is 182 Å². The van der Waals surface area contributed by atoms with Crippen LogP contribution in [0.1, 0.15) is 58.7 Å². The first-order valence-corrected chi connectivity index (χ1v) is 41.1. The zero-order chi connectivity index (χ0) is 77.0. The van der Waals surface area contributed by atoms with Crippen molar-refractivity contribution in [3.63, 3.8) is 0 Å². The van der Waals surface area contributed by atoms with Crippen molar-refractivity contribution >= 4 is 53.3 Å². The quantitative estimate of drug-likeness (QED) is 0.145. The lowest BCUT2D eigenvalue weighted by Gasteiger charge is -2.22. The Hall–Kier alpha value is -14.2. The number of thiophene rings is 1. The van der Waals surface area contributed by atoms with Crippen LogP contribution >= 0.6 is 11.3 Å². The number of hydrogen-bond donors (Lipinski definition) is 0. The number of benzene rings is 15. The summed E-state index contributed by atoms with van der Waals surface area (Å²) in [4.78, 5) is 15.5. The minimum Gasteiger partial charge on any atom is -0.294 e. The molecular weight excluding hydrogens is 1420 g/mol. The van der Waals surface area contributed by atoms with E-state index in [4.69, 9.17) is 15.0 Å². The molecule has 0 fully saturated rings. The zero-order valence-corrected chi connectivity index (χ0v) is 65.1. The summed E-state index contributed by atoms with van der Waals surface area (Å²) in [6.07, 6.45) is 2.55. The smallest absolute Gasteiger partial charge is 0.137 e. The Morgan fingerprint density at radius 3 is 1.16 bits per heavy atom. The van der Waals surface area contributed by atoms with Gasteiger partial charge in [0.05, 0.1) is 39.5 Å². The first-order chi connectivity index (χ1) is 57.3. The topological polar surface area (TPSA) is 43.6 Å². The lowest BCUT2D eigenvalue weighted by Crippen LogP contribution is -2.14. The Labute approximate surface area is 679 Å². The Morgan fingerprint density at radius 1 is 0.241 bits per heavy atom. The van der Waals surface area contributed by atoms with Gasteiger partial charge in [0, 0.05) is 83.4 Å². The molecule has 4 aliphatic rings. The van der Waals surface area contributed by atoms with Crippen molar-refractivity contribution in [2.45, 2.75) is 38.5 Å². The van der Waals surface area contributed by atoms with Gasteiger partial charge in [0.15, 0.2) is 0 Å². The number of rotatable bonds is 9. The van der Waals surface area contributed by atoms with Crippen LogP contribution in [0.15, 0.2) is 388 Å². The van der Waals surface area contributed by atoms with Crippen LogP contribution in [0, 0.1) is 0 Å². The predicted molar refractivity (Wildman–Crippen MR) is 486 cm³/mol. The largest absolute Gasteiger partial charge is 0.294 e. The van der Waals surface area contributed by atoms with E-state index in [1.165, 1.54) is 192 Å². The Balaban J connectivity index is 0.000000106. The summed E-state index contributed by atoms with van der Waals surface area (Å²) in [5.41, 5.74) is 42.8. The van der Waals surface area contributed by atoms with E-state index in [0.717, 1.165) is 53.3 Å². The Bertz CT molecular complexity index is 7270. The van der Waals surface area contributed by atoms with Gasteiger partial charge in [0.1, 0.15) is 5.82 Å². The second-order valence-corrected chi connectivity index (χ2v) is 32.5. The zero-order valence-electron chi connectivity index (χ0n) is 64.3. The van der Waals surface area contributed by atoms with E-state index in [1.807, 2.05) is 17.4 Å². The molecule has 0 N–H and O–H groups in total. The highest BCUT2D eigenvalue weighted by molar-refractivity contribution is 7.26. The van der Waals surface area contributed by atoms with Crippen LogP contribution in [0.3, 0.4) is 0 Å². The average Bonchev–Trinajstić information content (AvgIpc) is 1.58. The molecule has 0 saturated carbocycles. The highest BCUT2D eigenvalue weighted by atomic mass is 32.1. The number of fused-ring (bicyclic) bond motifs is 18. The van der Waals surface area contributed by atoms with Crippen molar-refractivity contribution in [3.8, 4) is 140 Å². The van der Waals surface area contributed by atoms with Gasteiger partial charge >= 0.3 is 0 Å². The lowest BCUT2D eigenvalue weighted by molar-refractivity contribution is 0.660. The Kier molecular flexibility index (Phi) is 16.6. The highest BCUT2D eigenvalue weighted by Gasteiger charge is 2.36. The third-order valence-corrected chi connectivity index (χ3v) is 25.8. The van der Waals surface area contributed by atoms with Gasteiger partial charge in [-0.2, -0.15) is 0 Å². The monoisotopic (exact) mass is 1500 g/mol. The van der Waals surface area contributed by atoms with Crippen LogP contribution in [0.4, 0.5) is 0 Å². The molecule has 0 bridgehead atoms. The third-order valence-electron chi connectivity index (χ3n) is 24.5. The van der Waals surface area contributed by atoms with Gasteiger partial charge in [0.2, 0.25) is 0 Å². The molecule has 4 nitrogen and oxygen atoms in total. The van der Waals surface area contributed by atoms with Crippen LogP contribution in [-0.2, 0) is 24.7 Å². The standard InChI is InChI=1S/C39H29N.C36H24N2.C36H23NS/c1-39(2)35-17-7-6-14-31(35)32-19-18-27(23-36(32)39)26-12-8-13-28(22-26)29-15-9-16-30-33-20-21-37(25-10-4-3-5-11-25)40-38(33)24-34(29)30;1-2-10-24(11-3-1)25-12-8-13-26(22-25)27-16-9-17-28-29-20-21-36(37-33(29)23-32(27)28)38-34-18-6-4-14-30(34)31-15-5-7-19-35(31)38;1-2-9-23(10-3-1)33-20-19-29-28-16-7-14-26(32(28)22-34(29)37-33)24-11-6-12-25(21-24)27-15-8-17-31-30-13-4-5-18-35(30)38-36(27)31/h3-23H,24H2,1-2H3;1-22H,23H2;1-21H,22H2. The summed E-state index contributed by atoms with van der Waals surface area (Å²) in [6.45, 7) is 4.69. The van der Waals surface area contributed by atoms with Gasteiger partial charge in [-0.3, -0.25) is 14.5 Å². The van der Waals surface area contributed by atoms with E-state index in [9.17, 15) is 0 Å². The first kappa shape index (κ1) is 68.6. The fraction of sp³-hybridized carbons (Fsp3) is 0.0541. The average molecular weight is 1500 g/mol. The van der Waals surface area contributed by atoms with Crippen molar-refractivity contribution in [2.75, 3.05) is 0 Å². The van der Waals surface area contributed by atoms with Crippen LogP contribution in [-0.4, -0.2) is 19.5 Å². The Morgan fingerprint density at radius 2 is 0.603 bits per heavy atom. The van der Waals surface area contributed by atoms with Crippen molar-refractivity contribution in [1.82, 2.24) is 19.5 Å². The number of aromatic nitrogens is 4. The maximum Gasteiger partial charge on any atom is 0.137 e. The normalized spacial score (nSPS) is 12.7. The molecule has 0 unspecified atom stereocenters. The molecule has 15 aromatic carbocycles. The second-order valence-electron chi connectivity index (χ2n) is 31.5. The van der Waals surface area contributed by atoms with Crippen molar-refractivity contribution in [3.05, 3.63) is 433 Å². The van der Waals surface area contributed by atoms with E-state index in [-0.39, 0.29) is 5.41 Å². The lowest BCUT2D eigenvalue weighted by atomic mass is 9.81. The van der Waals surface area contributed by atoms with Crippen LogP contribution < -0.4 is 0 Å². The SMILES string of the molecule is CC1(C)c2ccccc2-c2ccc(-c3cccc(-c4cccc5c4Cc4nc(-c6ccccc6)ccc4-5)c3)cc21.c1ccc(-c2ccc3c(n2)Cc2c(-c4cccc(-c5cccc6c5sc5ccccc56)c4)cccc2-3)cc1.c1ccc(-c2cccc(-c3cccc4c3Cc3nc(-n5c6ccccc6c6ccccc65)ccc3-4)c2)cc1. The van der Waals surface area contributed by atoms with E-state index in [2.05, 4.69) is 401 Å². The maximum absolute atomic E-state index is 5.27. The predicted octanol–water partition coefficient (Wildman–Crippen LogP) is 29.1. The fourth-order valence-corrected chi connectivity index (χ4v) is 20.2. The summed E-state index contributed by atoms with van der Waals surface area (Å²) in [6, 6.07) is 140. The third kappa shape index (κ3) is 11.8. The highest BCUT2D eigenvalue weighted by Crippen LogP contribution is 2.52. The molecule has 0 saturated heterocycles. The molecule has 5 aromatic heterocycles. The van der Waals surface area contributed by atoms with E-state index < -0.39 is 0 Å². The molecule has 0 radical (unpaired) electrons. The fourth-order valence-electron chi connectivity index (χ4n) is 18.9. The van der Waals surface area contributed by atoms with E-state index in [0.29, 0.717) is 0 Å². The molecule has 20 aromatic rings. The van der Waals surface area contributed by atoms with Gasteiger partial charge in [0.25, 0.3) is 0 Å². The van der Waals surface area contributed by atoms with Gasteiger partial charge in [-0.1, -0.05) is 335 Å². The second kappa shape index (κ2) is 28.1. The summed E-state index contributed by atoms with van der Waals surface area (Å²) < 4.78 is 5.00. The molecule has 116 heavy (non-hydrogen) atoms. The van der Waals surface area contributed by atoms with Crippen molar-refractivity contribution in [2.24, 2.45) is 0 Å². The molecule has 5 heteroatoms. The molecule has 5 heterocycles. The number of para-hydroxylation sites is 2. The molecule has 0 atom stereocenters. The summed E-state index contributed by atoms with van der Waals surface area (Å²) >= 11 is 1.89. The number of nitrogens with zero attached hydrogens (tertiary/aromatic N) is 4. The van der Waals surface area contributed by atoms with Crippen LogP contribution in [0.5, 0.6) is 0 Å². The molecular formula is C111H76N4S. The molecule has 4 aliphatic carbocycles. The summed E-state index contributed by atoms with van der Waals surface area (Å²) in [7, 11) is 0. The first-order valence-electron chi connectivity index (χ1n) is 40.2. The molecule has 546 valence electrons. The van der Waals surface area contributed by atoms with Gasteiger partial charge < -0.3 is 0 Å². The maximum atomic E-state index is 5.27. The van der Waals surface area contributed by atoms with Gasteiger partial charge in [-0.05, 0) is 189 Å².